The van der Waals surface area contributed by atoms with E-state index in [2.05, 4.69) is 11.4 Å². The Morgan fingerprint density at radius 1 is 1.10 bits per heavy atom. The lowest BCUT2D eigenvalue weighted by Crippen LogP contribution is -2.15. The summed E-state index contributed by atoms with van der Waals surface area (Å²) in [5.41, 5.74) is 1.21. The van der Waals surface area contributed by atoms with Crippen molar-refractivity contribution in [3.05, 3.63) is 23.8 Å². The molecule has 112 valence electrons. The average Bonchev–Trinajstić information content (AvgIpc) is 2.93. The molecule has 20 heavy (non-hydrogen) atoms. The molecule has 0 amide bonds. The maximum absolute atomic E-state index is 5.41. The zero-order valence-corrected chi connectivity index (χ0v) is 12.0. The van der Waals surface area contributed by atoms with Gasteiger partial charge in [-0.25, -0.2) is 0 Å². The minimum Gasteiger partial charge on any atom is -0.454 e. The van der Waals surface area contributed by atoms with E-state index in [-0.39, 0.29) is 0 Å². The third-order valence-electron chi connectivity index (χ3n) is 3.09. The van der Waals surface area contributed by atoms with Crippen molar-refractivity contribution in [2.45, 2.75) is 19.4 Å². The minimum atomic E-state index is 0.329. The molecular weight excluding hydrogens is 258 g/mol. The largest absolute Gasteiger partial charge is 0.454 e. The third-order valence-corrected chi connectivity index (χ3v) is 3.09. The van der Waals surface area contributed by atoms with Gasteiger partial charge in [-0.1, -0.05) is 6.07 Å². The van der Waals surface area contributed by atoms with Crippen molar-refractivity contribution >= 4 is 0 Å². The van der Waals surface area contributed by atoms with Crippen LogP contribution in [0.3, 0.4) is 0 Å². The van der Waals surface area contributed by atoms with E-state index < -0.39 is 0 Å². The predicted molar refractivity (Wildman–Crippen MR) is 76.2 cm³/mol. The number of fused-ring (bicyclic) bond motifs is 1. The molecule has 1 aromatic rings. The Balaban J connectivity index is 1.51. The van der Waals surface area contributed by atoms with Crippen LogP contribution in [-0.4, -0.2) is 40.3 Å². The van der Waals surface area contributed by atoms with Crippen molar-refractivity contribution < 1.29 is 18.9 Å². The quantitative estimate of drug-likeness (QED) is 0.664. The van der Waals surface area contributed by atoms with Crippen molar-refractivity contribution in [2.24, 2.45) is 0 Å². The van der Waals surface area contributed by atoms with Gasteiger partial charge >= 0.3 is 0 Å². The summed E-state index contributed by atoms with van der Waals surface area (Å²) in [6, 6.07) is 6.06. The zero-order valence-electron chi connectivity index (χ0n) is 12.0. The van der Waals surface area contributed by atoms with Crippen molar-refractivity contribution in [3.63, 3.8) is 0 Å². The number of unbranched alkanes of at least 4 members (excludes halogenated alkanes) is 1. The Kier molecular flexibility index (Phi) is 6.63. The molecule has 0 spiro atoms. The highest BCUT2D eigenvalue weighted by Gasteiger charge is 2.12. The van der Waals surface area contributed by atoms with E-state index in [0.29, 0.717) is 20.0 Å². The van der Waals surface area contributed by atoms with Gasteiger partial charge in [0.25, 0.3) is 0 Å². The van der Waals surface area contributed by atoms with Crippen LogP contribution in [-0.2, 0) is 16.0 Å². The number of hydrogen-bond donors (Lipinski definition) is 1. The average molecular weight is 281 g/mol. The van der Waals surface area contributed by atoms with Crippen LogP contribution in [0.4, 0.5) is 0 Å². The fraction of sp³-hybridized carbons (Fsp3) is 0.600. The van der Waals surface area contributed by atoms with Crippen LogP contribution < -0.4 is 14.8 Å². The first-order valence-corrected chi connectivity index (χ1v) is 7.06. The van der Waals surface area contributed by atoms with E-state index in [0.717, 1.165) is 44.0 Å². The second-order valence-electron chi connectivity index (χ2n) is 4.68. The lowest BCUT2D eigenvalue weighted by Gasteiger charge is -2.06. The highest BCUT2D eigenvalue weighted by molar-refractivity contribution is 5.44. The first-order valence-electron chi connectivity index (χ1n) is 7.06. The molecule has 0 bridgehead atoms. The lowest BCUT2D eigenvalue weighted by molar-refractivity contribution is 0.0688. The fourth-order valence-electron chi connectivity index (χ4n) is 1.98. The van der Waals surface area contributed by atoms with E-state index >= 15 is 0 Å². The molecule has 0 saturated heterocycles. The molecule has 1 aliphatic rings. The number of methoxy groups -OCH3 is 1. The van der Waals surface area contributed by atoms with Gasteiger partial charge in [0, 0.05) is 20.3 Å². The predicted octanol–water partition coefficient (Wildman–Crippen LogP) is 1.95. The van der Waals surface area contributed by atoms with E-state index in [9.17, 15) is 0 Å². The molecule has 1 heterocycles. The second-order valence-corrected chi connectivity index (χ2v) is 4.68. The Labute approximate surface area is 120 Å². The van der Waals surface area contributed by atoms with Crippen molar-refractivity contribution in [2.75, 3.05) is 40.3 Å². The van der Waals surface area contributed by atoms with Gasteiger partial charge in [0.05, 0.1) is 13.2 Å². The SMILES string of the molecule is COCCOCCCCNCc1ccc2c(c1)OCO2. The van der Waals surface area contributed by atoms with Crippen molar-refractivity contribution in [1.29, 1.82) is 0 Å². The normalized spacial score (nSPS) is 12.8. The Morgan fingerprint density at radius 3 is 2.90 bits per heavy atom. The van der Waals surface area contributed by atoms with Gasteiger partial charge in [0.2, 0.25) is 6.79 Å². The van der Waals surface area contributed by atoms with Crippen LogP contribution in [0.15, 0.2) is 18.2 Å². The number of ether oxygens (including phenoxy) is 4. The highest BCUT2D eigenvalue weighted by atomic mass is 16.7. The Bertz CT molecular complexity index is 397. The summed E-state index contributed by atoms with van der Waals surface area (Å²) in [6.07, 6.45) is 2.18. The molecule has 0 fully saturated rings. The molecule has 5 heteroatoms. The standard InChI is InChI=1S/C15H23NO4/c1-17-8-9-18-7-3-2-6-16-11-13-4-5-14-15(10-13)20-12-19-14/h4-5,10,16H,2-3,6-9,11-12H2,1H3. The summed E-state index contributed by atoms with van der Waals surface area (Å²) in [4.78, 5) is 0. The van der Waals surface area contributed by atoms with Gasteiger partial charge in [-0.3, -0.25) is 0 Å². The smallest absolute Gasteiger partial charge is 0.231 e. The summed E-state index contributed by atoms with van der Waals surface area (Å²) in [5, 5.41) is 3.42. The van der Waals surface area contributed by atoms with E-state index in [1.807, 2.05) is 12.1 Å². The van der Waals surface area contributed by atoms with Crippen LogP contribution in [0.25, 0.3) is 0 Å². The van der Waals surface area contributed by atoms with E-state index in [4.69, 9.17) is 18.9 Å². The molecule has 1 aromatic carbocycles. The minimum absolute atomic E-state index is 0.329. The maximum Gasteiger partial charge on any atom is 0.231 e. The molecule has 0 unspecified atom stereocenters. The number of nitrogens with one attached hydrogen (secondary N) is 1. The van der Waals surface area contributed by atoms with E-state index in [1.165, 1.54) is 5.56 Å². The molecule has 0 saturated carbocycles. The third kappa shape index (κ3) is 5.00. The fourth-order valence-corrected chi connectivity index (χ4v) is 1.98. The monoisotopic (exact) mass is 281 g/mol. The van der Waals surface area contributed by atoms with Gasteiger partial charge < -0.3 is 24.3 Å². The van der Waals surface area contributed by atoms with Crippen LogP contribution in [0.5, 0.6) is 11.5 Å². The van der Waals surface area contributed by atoms with Crippen molar-refractivity contribution in [3.8, 4) is 11.5 Å². The lowest BCUT2D eigenvalue weighted by atomic mass is 10.2. The van der Waals surface area contributed by atoms with Crippen LogP contribution in [0, 0.1) is 0 Å². The number of rotatable bonds is 10. The summed E-state index contributed by atoms with van der Waals surface area (Å²) in [7, 11) is 1.68. The van der Waals surface area contributed by atoms with Gasteiger partial charge in [-0.15, -0.1) is 0 Å². The molecule has 1 aliphatic heterocycles. The summed E-state index contributed by atoms with van der Waals surface area (Å²) in [6.45, 7) is 4.32. The van der Waals surface area contributed by atoms with Gasteiger partial charge in [-0.2, -0.15) is 0 Å². The van der Waals surface area contributed by atoms with Crippen LogP contribution in [0.1, 0.15) is 18.4 Å². The topological polar surface area (TPSA) is 49.0 Å². The van der Waals surface area contributed by atoms with Crippen LogP contribution >= 0.6 is 0 Å². The molecule has 0 radical (unpaired) electrons. The van der Waals surface area contributed by atoms with Crippen molar-refractivity contribution in [1.82, 2.24) is 5.32 Å². The highest BCUT2D eigenvalue weighted by Crippen LogP contribution is 2.32. The molecule has 1 N–H and O–H groups in total. The maximum atomic E-state index is 5.41. The molecule has 5 nitrogen and oxygen atoms in total. The molecule has 2 rings (SSSR count). The van der Waals surface area contributed by atoms with Crippen LogP contribution in [0.2, 0.25) is 0 Å². The molecule has 0 aromatic heterocycles. The summed E-state index contributed by atoms with van der Waals surface area (Å²) < 4.78 is 21.0. The van der Waals surface area contributed by atoms with Gasteiger partial charge in [0.1, 0.15) is 0 Å². The Hall–Kier alpha value is -1.30. The molecular formula is C15H23NO4. The summed E-state index contributed by atoms with van der Waals surface area (Å²) >= 11 is 0. The first kappa shape index (κ1) is 15.1. The van der Waals surface area contributed by atoms with Gasteiger partial charge in [-0.05, 0) is 37.1 Å². The number of hydrogen-bond acceptors (Lipinski definition) is 5. The Morgan fingerprint density at radius 2 is 2.00 bits per heavy atom. The van der Waals surface area contributed by atoms with Gasteiger partial charge in [0.15, 0.2) is 11.5 Å². The molecule has 0 aliphatic carbocycles. The first-order chi connectivity index (χ1) is 9.90. The molecule has 0 atom stereocenters. The number of benzene rings is 1. The summed E-state index contributed by atoms with van der Waals surface area (Å²) in [5.74, 6) is 1.68. The van der Waals surface area contributed by atoms with E-state index in [1.54, 1.807) is 7.11 Å². The second kappa shape index (κ2) is 8.79. The zero-order chi connectivity index (χ0) is 14.0.